The summed E-state index contributed by atoms with van der Waals surface area (Å²) in [5.74, 6) is 0.296. The molecule has 4 aromatic rings. The van der Waals surface area contributed by atoms with Crippen molar-refractivity contribution in [2.24, 2.45) is 0 Å². The van der Waals surface area contributed by atoms with Crippen molar-refractivity contribution in [3.63, 3.8) is 0 Å². The first kappa shape index (κ1) is 22.9. The molecule has 4 N–H and O–H groups in total. The molecule has 1 amide bonds. The van der Waals surface area contributed by atoms with E-state index in [9.17, 15) is 4.79 Å². The van der Waals surface area contributed by atoms with Crippen LogP contribution in [-0.4, -0.2) is 32.4 Å². The molecule has 1 saturated carbocycles. The van der Waals surface area contributed by atoms with Gasteiger partial charge < -0.3 is 16.4 Å². The molecular formula is C27H25ClN6O. The second kappa shape index (κ2) is 9.40. The number of carbonyl (C=O) groups is 1. The maximum atomic E-state index is 12.8. The topological polar surface area (TPSA) is 106 Å². The number of hydrogen-bond donors (Lipinski definition) is 3. The lowest BCUT2D eigenvalue weighted by Gasteiger charge is -2.39. The summed E-state index contributed by atoms with van der Waals surface area (Å²) in [6.45, 7) is 2.06. The average molecular weight is 485 g/mol. The lowest BCUT2D eigenvalue weighted by Crippen LogP contribution is -2.51. The predicted molar refractivity (Wildman–Crippen MR) is 138 cm³/mol. The van der Waals surface area contributed by atoms with Crippen LogP contribution in [0.15, 0.2) is 54.9 Å². The summed E-state index contributed by atoms with van der Waals surface area (Å²) in [6.07, 6.45) is 6.62. The van der Waals surface area contributed by atoms with Crippen LogP contribution in [0.2, 0.25) is 5.02 Å². The number of carbonyl (C=O) groups excluding carboxylic acids is 1. The van der Waals surface area contributed by atoms with Gasteiger partial charge in [-0.05, 0) is 56.9 Å². The van der Waals surface area contributed by atoms with E-state index in [1.807, 2.05) is 30.3 Å². The van der Waals surface area contributed by atoms with Crippen molar-refractivity contribution in [3.8, 4) is 11.3 Å². The van der Waals surface area contributed by atoms with Gasteiger partial charge in [0, 0.05) is 27.9 Å². The molecule has 5 rings (SSSR count). The molecule has 0 radical (unpaired) electrons. The van der Waals surface area contributed by atoms with E-state index >= 15 is 0 Å². The number of benzene rings is 1. The number of aromatic nitrogens is 3. The van der Waals surface area contributed by atoms with Crippen LogP contribution in [0.3, 0.4) is 0 Å². The van der Waals surface area contributed by atoms with Crippen molar-refractivity contribution in [2.45, 2.75) is 44.2 Å². The fraction of sp³-hybridized carbons (Fsp3) is 0.259. The van der Waals surface area contributed by atoms with Crippen LogP contribution in [0.1, 0.15) is 43.1 Å². The summed E-state index contributed by atoms with van der Waals surface area (Å²) in [7, 11) is 0. The van der Waals surface area contributed by atoms with Crippen LogP contribution in [0.5, 0.6) is 0 Å². The number of fused-ring (bicyclic) bond motifs is 1. The van der Waals surface area contributed by atoms with E-state index in [2.05, 4.69) is 39.7 Å². The standard InChI is InChI=1S/C27H25ClN6O/c1-27(34-25(35)23-12-11-18(29)15-30-23)13-5-8-19(14-27)32-26-31-16-22(28)24(33-26)21-10-4-7-17-6-2-3-9-20(17)21/h2-3,6,9-12,15-16,19H,5,8,13-14,29H2,1H3,(H,34,35)(H,31,32,33)/t19-,27+/m1/s1. The number of pyridine rings is 1. The van der Waals surface area contributed by atoms with Gasteiger partial charge in [-0.3, -0.25) is 4.79 Å². The Balaban J connectivity index is 1.34. The van der Waals surface area contributed by atoms with Gasteiger partial charge in [-0.2, -0.15) is 0 Å². The number of nitrogen functional groups attached to an aromatic ring is 1. The van der Waals surface area contributed by atoms with Gasteiger partial charge in [0.05, 0.1) is 28.8 Å². The molecule has 0 spiro atoms. The smallest absolute Gasteiger partial charge is 0.270 e. The van der Waals surface area contributed by atoms with Gasteiger partial charge in [-0.15, -0.1) is 0 Å². The Labute approximate surface area is 209 Å². The molecule has 1 fully saturated rings. The minimum atomic E-state index is -0.383. The lowest BCUT2D eigenvalue weighted by molar-refractivity contribution is 0.0874. The maximum Gasteiger partial charge on any atom is 0.270 e. The van der Waals surface area contributed by atoms with E-state index in [-0.39, 0.29) is 17.5 Å². The Hall–Kier alpha value is -3.89. The van der Waals surface area contributed by atoms with Gasteiger partial charge in [0.2, 0.25) is 5.95 Å². The number of hydrogen-bond acceptors (Lipinski definition) is 6. The zero-order chi connectivity index (χ0) is 24.4. The molecule has 1 aliphatic carbocycles. The Morgan fingerprint density at radius 3 is 2.89 bits per heavy atom. The van der Waals surface area contributed by atoms with Crippen LogP contribution in [0, 0.1) is 12.1 Å². The van der Waals surface area contributed by atoms with Crippen molar-refractivity contribution in [1.82, 2.24) is 20.3 Å². The van der Waals surface area contributed by atoms with Gasteiger partial charge >= 0.3 is 0 Å². The molecule has 0 aliphatic heterocycles. The van der Waals surface area contributed by atoms with Gasteiger partial charge in [0.1, 0.15) is 5.69 Å². The van der Waals surface area contributed by atoms with Crippen LogP contribution >= 0.6 is 11.6 Å². The molecule has 1 aliphatic rings. The molecule has 2 aromatic heterocycles. The molecule has 7 nitrogen and oxygen atoms in total. The number of anilines is 2. The largest absolute Gasteiger partial charge is 0.397 e. The van der Waals surface area contributed by atoms with Gasteiger partial charge in [-0.1, -0.05) is 41.9 Å². The molecule has 176 valence electrons. The van der Waals surface area contributed by atoms with Crippen LogP contribution in [-0.2, 0) is 0 Å². The second-order valence-electron chi connectivity index (χ2n) is 9.19. The van der Waals surface area contributed by atoms with Crippen LogP contribution in [0.25, 0.3) is 22.0 Å². The first-order valence-corrected chi connectivity index (χ1v) is 11.9. The summed E-state index contributed by atoms with van der Waals surface area (Å²) < 4.78 is 0. The van der Waals surface area contributed by atoms with E-state index in [0.717, 1.165) is 42.0 Å². The fourth-order valence-electron chi connectivity index (χ4n) is 4.70. The third-order valence-electron chi connectivity index (χ3n) is 6.39. The van der Waals surface area contributed by atoms with Crippen LogP contribution in [0.4, 0.5) is 11.6 Å². The Morgan fingerprint density at radius 1 is 1.20 bits per heavy atom. The minimum Gasteiger partial charge on any atom is -0.397 e. The van der Waals surface area contributed by atoms with Crippen molar-refractivity contribution in [2.75, 3.05) is 11.1 Å². The Bertz CT molecular complexity index is 1370. The normalized spacial score (nSPS) is 19.7. The summed E-state index contributed by atoms with van der Waals surface area (Å²) in [6, 6.07) is 19.4. The number of halogens is 1. The molecule has 0 unspecified atom stereocenters. The summed E-state index contributed by atoms with van der Waals surface area (Å²) in [5, 5.41) is 9.04. The predicted octanol–water partition coefficient (Wildman–Crippen LogP) is 5.07. The minimum absolute atomic E-state index is 0.0925. The Kier molecular flexibility index (Phi) is 6.14. The highest BCUT2D eigenvalue weighted by molar-refractivity contribution is 6.33. The monoisotopic (exact) mass is 484 g/mol. The third-order valence-corrected chi connectivity index (χ3v) is 6.66. The number of nitrogens with zero attached hydrogens (tertiary/aromatic N) is 3. The number of amides is 1. The molecular weight excluding hydrogens is 460 g/mol. The highest BCUT2D eigenvalue weighted by Gasteiger charge is 2.34. The SMILES string of the molecule is C[C@]1(NC(=O)c2ccc(N)cn2)CCC[C@@H](Nc2ncc(Cl)c(-c3cc#cc4ccccc34)n2)C1. The molecule has 0 bridgehead atoms. The zero-order valence-corrected chi connectivity index (χ0v) is 20.1. The fourth-order valence-corrected chi connectivity index (χ4v) is 4.89. The van der Waals surface area contributed by atoms with Crippen molar-refractivity contribution in [1.29, 1.82) is 0 Å². The van der Waals surface area contributed by atoms with Crippen LogP contribution < -0.4 is 16.4 Å². The van der Waals surface area contributed by atoms with Gasteiger partial charge in [0.15, 0.2) is 0 Å². The number of rotatable bonds is 5. The van der Waals surface area contributed by atoms with Crippen molar-refractivity contribution >= 4 is 39.9 Å². The molecule has 2 atom stereocenters. The Morgan fingerprint density at radius 2 is 2.06 bits per heavy atom. The third kappa shape index (κ3) is 4.98. The summed E-state index contributed by atoms with van der Waals surface area (Å²) >= 11 is 6.51. The van der Waals surface area contributed by atoms with Gasteiger partial charge in [-0.25, -0.2) is 15.0 Å². The second-order valence-corrected chi connectivity index (χ2v) is 9.60. The molecule has 2 heterocycles. The molecule has 2 aromatic carbocycles. The summed E-state index contributed by atoms with van der Waals surface area (Å²) in [4.78, 5) is 26.1. The van der Waals surface area contributed by atoms with Crippen molar-refractivity contribution in [3.05, 3.63) is 77.7 Å². The molecule has 8 heteroatoms. The highest BCUT2D eigenvalue weighted by Crippen LogP contribution is 2.33. The average Bonchev–Trinajstić information content (AvgIpc) is 2.85. The maximum absolute atomic E-state index is 12.8. The van der Waals surface area contributed by atoms with Gasteiger partial charge in [0.25, 0.3) is 5.91 Å². The number of nitrogens with two attached hydrogens (primary N) is 1. The van der Waals surface area contributed by atoms with E-state index in [4.69, 9.17) is 22.3 Å². The zero-order valence-electron chi connectivity index (χ0n) is 19.3. The number of nitrogens with one attached hydrogen (secondary N) is 2. The van der Waals surface area contributed by atoms with Crippen molar-refractivity contribution < 1.29 is 4.79 Å². The first-order chi connectivity index (χ1) is 16.9. The van der Waals surface area contributed by atoms with E-state index < -0.39 is 0 Å². The quantitative estimate of drug-likeness (QED) is 0.365. The molecule has 35 heavy (non-hydrogen) atoms. The lowest BCUT2D eigenvalue weighted by atomic mass is 9.80. The molecule has 0 saturated heterocycles. The first-order valence-electron chi connectivity index (χ1n) is 11.5. The van der Waals surface area contributed by atoms with E-state index in [1.165, 1.54) is 6.20 Å². The highest BCUT2D eigenvalue weighted by atomic mass is 35.5. The van der Waals surface area contributed by atoms with E-state index in [1.54, 1.807) is 18.3 Å². The van der Waals surface area contributed by atoms with E-state index in [0.29, 0.717) is 28.0 Å². The summed E-state index contributed by atoms with van der Waals surface area (Å²) in [5.41, 5.74) is 7.71.